The summed E-state index contributed by atoms with van der Waals surface area (Å²) in [7, 11) is 0. The van der Waals surface area contributed by atoms with Crippen LogP contribution in [0.15, 0.2) is 18.2 Å². The zero-order valence-corrected chi connectivity index (χ0v) is 13.0. The highest BCUT2D eigenvalue weighted by Gasteiger charge is 2.20. The average Bonchev–Trinajstić information content (AvgIpc) is 2.50. The third-order valence-corrected chi connectivity index (χ3v) is 4.05. The summed E-state index contributed by atoms with van der Waals surface area (Å²) in [5, 5.41) is 9.64. The second-order valence-corrected chi connectivity index (χ2v) is 5.64. The molecule has 2 rings (SSSR count). The summed E-state index contributed by atoms with van der Waals surface area (Å²) in [6.45, 7) is 5.34. The number of anilines is 1. The van der Waals surface area contributed by atoms with Gasteiger partial charge in [-0.05, 0) is 51.2 Å². The highest BCUT2D eigenvalue weighted by molar-refractivity contribution is 5.94. The third kappa shape index (κ3) is 4.21. The predicted molar refractivity (Wildman–Crippen MR) is 83.7 cm³/mol. The summed E-state index contributed by atoms with van der Waals surface area (Å²) in [5.74, 6) is 0.290. The van der Waals surface area contributed by atoms with E-state index in [4.69, 9.17) is 4.74 Å². The van der Waals surface area contributed by atoms with Gasteiger partial charge in [0.1, 0.15) is 5.75 Å². The number of rotatable bonds is 5. The van der Waals surface area contributed by atoms with Gasteiger partial charge in [0.25, 0.3) is 0 Å². The third-order valence-electron chi connectivity index (χ3n) is 4.05. The molecule has 1 aromatic carbocycles. The first-order chi connectivity index (χ1) is 10.1. The van der Waals surface area contributed by atoms with Crippen LogP contribution in [0.25, 0.3) is 0 Å². The largest absolute Gasteiger partial charge is 0.508 e. The number of aromatic hydroxyl groups is 1. The van der Waals surface area contributed by atoms with Gasteiger partial charge in [-0.3, -0.25) is 4.79 Å². The molecule has 1 fully saturated rings. The van der Waals surface area contributed by atoms with Crippen LogP contribution in [-0.2, 0) is 9.53 Å². The molecule has 1 aromatic rings. The second-order valence-electron chi connectivity index (χ2n) is 5.64. The molecule has 116 valence electrons. The van der Waals surface area contributed by atoms with Crippen molar-refractivity contribution in [3.05, 3.63) is 23.8 Å². The number of nitrogens with zero attached hydrogens (tertiary/aromatic N) is 1. The van der Waals surface area contributed by atoms with Gasteiger partial charge >= 0.3 is 0 Å². The van der Waals surface area contributed by atoms with E-state index < -0.39 is 0 Å². The fourth-order valence-electron chi connectivity index (χ4n) is 2.82. The van der Waals surface area contributed by atoms with E-state index in [0.717, 1.165) is 37.1 Å². The Kier molecular flexibility index (Phi) is 5.62. The van der Waals surface area contributed by atoms with Gasteiger partial charge in [-0.1, -0.05) is 6.07 Å². The maximum atomic E-state index is 12.5. The van der Waals surface area contributed by atoms with E-state index in [2.05, 4.69) is 0 Å². The van der Waals surface area contributed by atoms with Gasteiger partial charge in [-0.15, -0.1) is 0 Å². The van der Waals surface area contributed by atoms with Gasteiger partial charge in [-0.2, -0.15) is 0 Å². The number of carbonyl (C=O) groups excluding carboxylic acids is 1. The first kappa shape index (κ1) is 15.8. The fourth-order valence-corrected chi connectivity index (χ4v) is 2.82. The summed E-state index contributed by atoms with van der Waals surface area (Å²) in [6, 6.07) is 5.14. The molecule has 1 atom stereocenters. The van der Waals surface area contributed by atoms with Gasteiger partial charge in [0.15, 0.2) is 0 Å². The van der Waals surface area contributed by atoms with Crippen LogP contribution in [0.4, 0.5) is 5.69 Å². The quantitative estimate of drug-likeness (QED) is 0.904. The Bertz CT molecular complexity index is 481. The summed E-state index contributed by atoms with van der Waals surface area (Å²) >= 11 is 0. The van der Waals surface area contributed by atoms with Gasteiger partial charge in [-0.25, -0.2) is 0 Å². The molecule has 21 heavy (non-hydrogen) atoms. The molecule has 1 N–H and O–H groups in total. The zero-order valence-electron chi connectivity index (χ0n) is 13.0. The molecule has 1 heterocycles. The Hall–Kier alpha value is -1.55. The lowest BCUT2D eigenvalue weighted by Crippen LogP contribution is -2.32. The lowest BCUT2D eigenvalue weighted by molar-refractivity contribution is -0.119. The minimum absolute atomic E-state index is 0.0976. The van der Waals surface area contributed by atoms with Crippen LogP contribution in [0, 0.1) is 6.92 Å². The molecular formula is C17H25NO3. The average molecular weight is 291 g/mol. The first-order valence-electron chi connectivity index (χ1n) is 7.83. The molecular weight excluding hydrogens is 266 g/mol. The molecule has 1 aliphatic rings. The van der Waals surface area contributed by atoms with Crippen LogP contribution in [0.3, 0.4) is 0 Å². The van der Waals surface area contributed by atoms with Crippen molar-refractivity contribution >= 4 is 11.6 Å². The monoisotopic (exact) mass is 291 g/mol. The topological polar surface area (TPSA) is 49.8 Å². The maximum Gasteiger partial charge on any atom is 0.227 e. The number of hydrogen-bond acceptors (Lipinski definition) is 3. The standard InChI is InChI=1S/C17H25NO3/c1-3-18(16-12-14(19)8-7-13(16)2)17(20)10-9-15-6-4-5-11-21-15/h7-8,12,15,19H,3-6,9-11H2,1-2H3. The zero-order chi connectivity index (χ0) is 15.2. The summed E-state index contributed by atoms with van der Waals surface area (Å²) in [6.07, 6.45) is 4.90. The van der Waals surface area contributed by atoms with Crippen LogP contribution in [-0.4, -0.2) is 30.3 Å². The van der Waals surface area contributed by atoms with Crippen LogP contribution in [0.1, 0.15) is 44.6 Å². The van der Waals surface area contributed by atoms with E-state index in [-0.39, 0.29) is 17.8 Å². The van der Waals surface area contributed by atoms with Gasteiger partial charge in [0, 0.05) is 25.6 Å². The number of phenols is 1. The molecule has 0 aliphatic carbocycles. The van der Waals surface area contributed by atoms with Crippen molar-refractivity contribution < 1.29 is 14.6 Å². The van der Waals surface area contributed by atoms with E-state index >= 15 is 0 Å². The lowest BCUT2D eigenvalue weighted by Gasteiger charge is -2.26. The molecule has 0 radical (unpaired) electrons. The molecule has 1 aliphatic heterocycles. The molecule has 1 saturated heterocycles. The highest BCUT2D eigenvalue weighted by atomic mass is 16.5. The van der Waals surface area contributed by atoms with E-state index in [9.17, 15) is 9.90 Å². The normalized spacial score (nSPS) is 18.5. The van der Waals surface area contributed by atoms with Crippen molar-refractivity contribution in [2.24, 2.45) is 0 Å². The van der Waals surface area contributed by atoms with Crippen molar-refractivity contribution in [3.8, 4) is 5.75 Å². The molecule has 0 bridgehead atoms. The van der Waals surface area contributed by atoms with E-state index in [1.807, 2.05) is 19.9 Å². The number of aryl methyl sites for hydroxylation is 1. The Morgan fingerprint density at radius 1 is 1.43 bits per heavy atom. The number of benzene rings is 1. The molecule has 0 aromatic heterocycles. The molecule has 4 nitrogen and oxygen atoms in total. The highest BCUT2D eigenvalue weighted by Crippen LogP contribution is 2.26. The van der Waals surface area contributed by atoms with E-state index in [0.29, 0.717) is 13.0 Å². The molecule has 1 amide bonds. The van der Waals surface area contributed by atoms with Crippen molar-refractivity contribution in [2.75, 3.05) is 18.1 Å². The molecule has 0 saturated carbocycles. The first-order valence-corrected chi connectivity index (χ1v) is 7.83. The fraction of sp³-hybridized carbons (Fsp3) is 0.588. The minimum atomic E-state index is 0.0976. The minimum Gasteiger partial charge on any atom is -0.508 e. The number of phenolic OH excluding ortho intramolecular Hbond substituents is 1. The molecule has 0 spiro atoms. The Labute approximate surface area is 126 Å². The van der Waals surface area contributed by atoms with Gasteiger partial charge in [0.2, 0.25) is 5.91 Å². The Morgan fingerprint density at radius 3 is 2.90 bits per heavy atom. The predicted octanol–water partition coefficient (Wildman–Crippen LogP) is 3.40. The number of hydrogen-bond donors (Lipinski definition) is 1. The van der Waals surface area contributed by atoms with Gasteiger partial charge in [0.05, 0.1) is 11.8 Å². The van der Waals surface area contributed by atoms with Crippen molar-refractivity contribution in [3.63, 3.8) is 0 Å². The maximum absolute atomic E-state index is 12.5. The number of ether oxygens (including phenoxy) is 1. The lowest BCUT2D eigenvalue weighted by atomic mass is 10.0. The Morgan fingerprint density at radius 2 is 2.24 bits per heavy atom. The SMILES string of the molecule is CCN(C(=O)CCC1CCCCO1)c1cc(O)ccc1C. The van der Waals surface area contributed by atoms with Crippen LogP contribution >= 0.6 is 0 Å². The molecule has 4 heteroatoms. The summed E-state index contributed by atoms with van der Waals surface area (Å²) < 4.78 is 5.68. The van der Waals surface area contributed by atoms with Crippen molar-refractivity contribution in [1.82, 2.24) is 0 Å². The number of carbonyl (C=O) groups is 1. The van der Waals surface area contributed by atoms with E-state index in [1.165, 1.54) is 6.42 Å². The summed E-state index contributed by atoms with van der Waals surface area (Å²) in [4.78, 5) is 14.2. The van der Waals surface area contributed by atoms with Crippen LogP contribution < -0.4 is 4.90 Å². The second kappa shape index (κ2) is 7.46. The van der Waals surface area contributed by atoms with Gasteiger partial charge < -0.3 is 14.7 Å². The van der Waals surface area contributed by atoms with Crippen LogP contribution in [0.5, 0.6) is 5.75 Å². The Balaban J connectivity index is 1.99. The van der Waals surface area contributed by atoms with E-state index in [1.54, 1.807) is 17.0 Å². The smallest absolute Gasteiger partial charge is 0.227 e. The van der Waals surface area contributed by atoms with Crippen LogP contribution in [0.2, 0.25) is 0 Å². The van der Waals surface area contributed by atoms with Crippen molar-refractivity contribution in [1.29, 1.82) is 0 Å². The summed E-state index contributed by atoms with van der Waals surface area (Å²) in [5.41, 5.74) is 1.80. The number of amides is 1. The van der Waals surface area contributed by atoms with Crippen molar-refractivity contribution in [2.45, 2.75) is 52.1 Å². The molecule has 1 unspecified atom stereocenters.